The molecule has 0 aromatic carbocycles. The molecule has 16 heavy (non-hydrogen) atoms. The molecule has 1 rings (SSSR count). The molecule has 0 radical (unpaired) electrons. The topological polar surface area (TPSA) is 123 Å². The van der Waals surface area contributed by atoms with E-state index in [1.165, 1.54) is 6.92 Å². The second kappa shape index (κ2) is 4.48. The summed E-state index contributed by atoms with van der Waals surface area (Å²) in [5.74, 6) is -0.567. The highest BCUT2D eigenvalue weighted by Gasteiger charge is 2.47. The van der Waals surface area contributed by atoms with Crippen LogP contribution in [-0.4, -0.2) is 33.7 Å². The van der Waals surface area contributed by atoms with Gasteiger partial charge < -0.3 is 14.9 Å². The molecule has 1 aliphatic heterocycles. The molecule has 1 fully saturated rings. The van der Waals surface area contributed by atoms with Crippen molar-refractivity contribution in [3.05, 3.63) is 0 Å². The summed E-state index contributed by atoms with van der Waals surface area (Å²) >= 11 is 0. The van der Waals surface area contributed by atoms with Crippen LogP contribution in [0.5, 0.6) is 0 Å². The molecule has 0 bridgehead atoms. The van der Waals surface area contributed by atoms with Crippen molar-refractivity contribution in [3.63, 3.8) is 0 Å². The van der Waals surface area contributed by atoms with E-state index in [-0.39, 0.29) is 6.61 Å². The van der Waals surface area contributed by atoms with Crippen LogP contribution in [0.15, 0.2) is 0 Å². The summed E-state index contributed by atoms with van der Waals surface area (Å²) < 4.78 is 35.6. The number of hydrogen-bond acceptors (Lipinski definition) is 6. The van der Waals surface area contributed by atoms with Gasteiger partial charge in [0.1, 0.15) is 5.60 Å². The zero-order valence-corrected chi connectivity index (χ0v) is 10.6. The highest BCUT2D eigenvalue weighted by atomic mass is 31.3. The van der Waals surface area contributed by atoms with E-state index in [0.29, 0.717) is 0 Å². The van der Waals surface area contributed by atoms with Crippen molar-refractivity contribution in [1.82, 2.24) is 0 Å². The highest BCUT2D eigenvalue weighted by molar-refractivity contribution is 7.61. The SMILES string of the molecule is C[C@@H]1COP(=O)(O)OP(=O)(O)O[C@@]1(C)CO. The summed E-state index contributed by atoms with van der Waals surface area (Å²) in [5.41, 5.74) is -1.38. The normalized spacial score (nSPS) is 50.7. The highest BCUT2D eigenvalue weighted by Crippen LogP contribution is 2.63. The smallest absolute Gasteiger partial charge is 0.393 e. The van der Waals surface area contributed by atoms with Crippen molar-refractivity contribution in [2.75, 3.05) is 13.2 Å². The summed E-state index contributed by atoms with van der Waals surface area (Å²) in [6, 6.07) is 0. The Morgan fingerprint density at radius 1 is 1.38 bits per heavy atom. The maximum absolute atomic E-state index is 11.3. The van der Waals surface area contributed by atoms with Gasteiger partial charge in [-0.2, -0.15) is 4.31 Å². The molecule has 0 aromatic rings. The molecule has 2 unspecified atom stereocenters. The Balaban J connectivity index is 3.01. The average molecular weight is 276 g/mol. The van der Waals surface area contributed by atoms with E-state index >= 15 is 0 Å². The van der Waals surface area contributed by atoms with E-state index in [1.54, 1.807) is 6.92 Å². The molecule has 0 aromatic heterocycles. The Bertz CT molecular complexity index is 356. The van der Waals surface area contributed by atoms with E-state index in [0.717, 1.165) is 0 Å². The molecule has 1 aliphatic rings. The molecule has 1 saturated heterocycles. The third-order valence-electron chi connectivity index (χ3n) is 2.37. The quantitative estimate of drug-likeness (QED) is 0.596. The second-order valence-corrected chi connectivity index (χ2v) is 6.75. The van der Waals surface area contributed by atoms with Gasteiger partial charge in [0.25, 0.3) is 0 Å². The van der Waals surface area contributed by atoms with Gasteiger partial charge in [0.15, 0.2) is 0 Å². The third-order valence-corrected chi connectivity index (χ3v) is 5.15. The van der Waals surface area contributed by atoms with Crippen molar-refractivity contribution in [2.45, 2.75) is 19.4 Å². The Morgan fingerprint density at radius 2 is 1.94 bits per heavy atom. The number of phosphoric ester groups is 2. The summed E-state index contributed by atoms with van der Waals surface area (Å²) in [6.45, 7) is 2.12. The molecule has 0 aliphatic carbocycles. The molecule has 96 valence electrons. The van der Waals surface area contributed by atoms with Crippen LogP contribution >= 0.6 is 15.6 Å². The monoisotopic (exact) mass is 276 g/mol. The van der Waals surface area contributed by atoms with Crippen molar-refractivity contribution in [1.29, 1.82) is 0 Å². The van der Waals surface area contributed by atoms with E-state index in [2.05, 4.69) is 13.4 Å². The second-order valence-electron chi connectivity index (χ2n) is 3.78. The Morgan fingerprint density at radius 3 is 2.44 bits per heavy atom. The summed E-state index contributed by atoms with van der Waals surface area (Å²) in [6.07, 6.45) is 0. The molecule has 0 saturated carbocycles. The zero-order valence-electron chi connectivity index (χ0n) is 8.77. The van der Waals surface area contributed by atoms with Crippen LogP contribution in [-0.2, 0) is 22.5 Å². The first kappa shape index (κ1) is 14.3. The van der Waals surface area contributed by atoms with Crippen molar-refractivity contribution in [3.8, 4) is 0 Å². The van der Waals surface area contributed by atoms with Gasteiger partial charge in [-0.3, -0.25) is 9.05 Å². The van der Waals surface area contributed by atoms with Crippen LogP contribution in [0.25, 0.3) is 0 Å². The lowest BCUT2D eigenvalue weighted by molar-refractivity contribution is -0.0613. The van der Waals surface area contributed by atoms with Crippen LogP contribution in [0.3, 0.4) is 0 Å². The largest absolute Gasteiger partial charge is 0.481 e. The van der Waals surface area contributed by atoms with E-state index in [1.807, 2.05) is 0 Å². The van der Waals surface area contributed by atoms with Crippen LogP contribution < -0.4 is 0 Å². The predicted molar refractivity (Wildman–Crippen MR) is 52.4 cm³/mol. The molecule has 3 N–H and O–H groups in total. The molecule has 0 amide bonds. The number of hydrogen-bond donors (Lipinski definition) is 3. The maximum atomic E-state index is 11.3. The van der Waals surface area contributed by atoms with Gasteiger partial charge >= 0.3 is 15.6 Å². The van der Waals surface area contributed by atoms with Gasteiger partial charge in [-0.15, -0.1) is 0 Å². The predicted octanol–water partition coefficient (Wildman–Crippen LogP) is 0.638. The minimum Gasteiger partial charge on any atom is -0.393 e. The maximum Gasteiger partial charge on any atom is 0.481 e. The lowest BCUT2D eigenvalue weighted by atomic mass is 9.93. The Hall–Kier alpha value is 0.220. The van der Waals surface area contributed by atoms with Crippen molar-refractivity contribution >= 4 is 15.6 Å². The zero-order chi connectivity index (χ0) is 12.6. The lowest BCUT2D eigenvalue weighted by Gasteiger charge is -2.36. The lowest BCUT2D eigenvalue weighted by Crippen LogP contribution is -2.42. The minimum atomic E-state index is -4.75. The molecule has 0 spiro atoms. The number of phosphoric acid groups is 2. The number of aliphatic hydroxyl groups is 1. The van der Waals surface area contributed by atoms with Crippen LogP contribution in [0.4, 0.5) is 0 Å². The fourth-order valence-corrected chi connectivity index (χ4v) is 3.63. The summed E-state index contributed by atoms with van der Waals surface area (Å²) in [7, 11) is -9.36. The van der Waals surface area contributed by atoms with Gasteiger partial charge in [-0.05, 0) is 6.92 Å². The first-order valence-corrected chi connectivity index (χ1v) is 7.42. The van der Waals surface area contributed by atoms with E-state index in [9.17, 15) is 14.0 Å². The minimum absolute atomic E-state index is 0.245. The fraction of sp³-hybridized carbons (Fsp3) is 1.00. The standard InChI is InChI=1S/C6H14O8P2/c1-5-3-12-15(8,9)14-16(10,11)13-6(5,2)4-7/h5,7H,3-4H2,1-2H3,(H,8,9)(H,10,11)/t5-,6+/m1/s1. The molecule has 8 nitrogen and oxygen atoms in total. The molecule has 1 heterocycles. The fourth-order valence-electron chi connectivity index (χ4n) is 1.09. The Kier molecular flexibility index (Phi) is 4.00. The van der Waals surface area contributed by atoms with Gasteiger partial charge in [0, 0.05) is 5.92 Å². The van der Waals surface area contributed by atoms with Gasteiger partial charge in [0.05, 0.1) is 13.2 Å². The Labute approximate surface area is 92.4 Å². The van der Waals surface area contributed by atoms with E-state index in [4.69, 9.17) is 10.00 Å². The van der Waals surface area contributed by atoms with Crippen molar-refractivity contribution in [2.24, 2.45) is 5.92 Å². The summed E-state index contributed by atoms with van der Waals surface area (Å²) in [5, 5.41) is 9.10. The average Bonchev–Trinajstić information content (AvgIpc) is 2.10. The van der Waals surface area contributed by atoms with Gasteiger partial charge in [-0.25, -0.2) is 9.13 Å². The number of rotatable bonds is 1. The molecular formula is C6H14O8P2. The van der Waals surface area contributed by atoms with E-state index < -0.39 is 33.8 Å². The van der Waals surface area contributed by atoms with Crippen LogP contribution in [0.1, 0.15) is 13.8 Å². The van der Waals surface area contributed by atoms with Crippen molar-refractivity contribution < 1.29 is 37.4 Å². The molecule has 10 heteroatoms. The molecular weight excluding hydrogens is 262 g/mol. The first-order chi connectivity index (χ1) is 7.10. The number of aliphatic hydroxyl groups excluding tert-OH is 1. The van der Waals surface area contributed by atoms with Gasteiger partial charge in [-0.1, -0.05) is 6.92 Å². The third kappa shape index (κ3) is 3.35. The molecule has 4 atom stereocenters. The van der Waals surface area contributed by atoms with Crippen LogP contribution in [0, 0.1) is 5.92 Å². The van der Waals surface area contributed by atoms with Gasteiger partial charge in [0.2, 0.25) is 0 Å². The summed E-state index contributed by atoms with van der Waals surface area (Å²) in [4.78, 5) is 18.2. The van der Waals surface area contributed by atoms with Crippen LogP contribution in [0.2, 0.25) is 0 Å². The first-order valence-electron chi connectivity index (χ1n) is 4.43.